The van der Waals surface area contributed by atoms with Crippen molar-refractivity contribution < 1.29 is 9.59 Å². The first-order valence-corrected chi connectivity index (χ1v) is 6.44. The lowest BCUT2D eigenvalue weighted by Gasteiger charge is -2.29. The van der Waals surface area contributed by atoms with Gasteiger partial charge in [0.15, 0.2) is 0 Å². The Hall–Kier alpha value is -0.860. The minimum atomic E-state index is 0.166. The van der Waals surface area contributed by atoms with Crippen molar-refractivity contribution in [3.8, 4) is 0 Å². The number of hydrogen-bond acceptors (Lipinski definition) is 2. The van der Waals surface area contributed by atoms with Gasteiger partial charge in [-0.15, -0.1) is 0 Å². The first-order chi connectivity index (χ1) is 7.65. The second-order valence-electron chi connectivity index (χ2n) is 4.75. The minimum Gasteiger partial charge on any atom is -0.339 e. The summed E-state index contributed by atoms with van der Waals surface area (Å²) in [5.74, 6) is 0.428. The van der Waals surface area contributed by atoms with Crippen molar-refractivity contribution in [2.24, 2.45) is 0 Å². The first-order valence-electron chi connectivity index (χ1n) is 6.44. The molecule has 1 fully saturated rings. The van der Waals surface area contributed by atoms with E-state index in [9.17, 15) is 9.59 Å². The normalized spacial score (nSPS) is 21.6. The lowest BCUT2D eigenvalue weighted by molar-refractivity contribution is -0.134. The quantitative estimate of drug-likeness (QED) is 0.737. The molecule has 16 heavy (non-hydrogen) atoms. The molecule has 1 unspecified atom stereocenters. The second kappa shape index (κ2) is 6.66. The predicted octanol–water partition coefficient (Wildman–Crippen LogP) is 2.54. The van der Waals surface area contributed by atoms with Crippen LogP contribution in [0, 0.1) is 0 Å². The van der Waals surface area contributed by atoms with E-state index in [2.05, 4.69) is 0 Å². The highest BCUT2D eigenvalue weighted by atomic mass is 16.2. The monoisotopic (exact) mass is 225 g/mol. The van der Waals surface area contributed by atoms with Gasteiger partial charge in [-0.1, -0.05) is 19.8 Å². The average Bonchev–Trinajstić information content (AvgIpc) is 2.43. The van der Waals surface area contributed by atoms with Gasteiger partial charge in [0.1, 0.15) is 5.78 Å². The molecular formula is C13H23NO2. The Morgan fingerprint density at radius 2 is 2.00 bits per heavy atom. The van der Waals surface area contributed by atoms with Crippen molar-refractivity contribution in [3.05, 3.63) is 0 Å². The Bertz CT molecular complexity index is 250. The van der Waals surface area contributed by atoms with Crippen LogP contribution in [0.5, 0.6) is 0 Å². The second-order valence-corrected chi connectivity index (χ2v) is 4.75. The predicted molar refractivity (Wildman–Crippen MR) is 64.2 cm³/mol. The molecular weight excluding hydrogens is 202 g/mol. The molecule has 1 amide bonds. The highest BCUT2D eigenvalue weighted by Crippen LogP contribution is 2.20. The van der Waals surface area contributed by atoms with Gasteiger partial charge in [-0.3, -0.25) is 9.59 Å². The summed E-state index contributed by atoms with van der Waals surface area (Å²) in [5.41, 5.74) is 0. The van der Waals surface area contributed by atoms with Crippen LogP contribution in [0.15, 0.2) is 0 Å². The van der Waals surface area contributed by atoms with Crippen LogP contribution in [0.1, 0.15) is 58.8 Å². The molecule has 3 nitrogen and oxygen atoms in total. The molecule has 0 aliphatic carbocycles. The maximum absolute atomic E-state index is 12.0. The van der Waals surface area contributed by atoms with Gasteiger partial charge in [0.05, 0.1) is 0 Å². The third kappa shape index (κ3) is 3.95. The van der Waals surface area contributed by atoms with Crippen molar-refractivity contribution in [3.63, 3.8) is 0 Å². The summed E-state index contributed by atoms with van der Waals surface area (Å²) in [6, 6.07) is 0.166. The van der Waals surface area contributed by atoms with E-state index in [4.69, 9.17) is 0 Å². The summed E-state index contributed by atoms with van der Waals surface area (Å²) >= 11 is 0. The van der Waals surface area contributed by atoms with Crippen molar-refractivity contribution in [2.75, 3.05) is 6.54 Å². The zero-order valence-electron chi connectivity index (χ0n) is 10.5. The molecule has 0 aromatic carbocycles. The zero-order chi connectivity index (χ0) is 12.0. The molecule has 0 bridgehead atoms. The molecule has 1 heterocycles. The molecule has 92 valence electrons. The van der Waals surface area contributed by atoms with Crippen LogP contribution in [0.3, 0.4) is 0 Å². The van der Waals surface area contributed by atoms with E-state index in [0.29, 0.717) is 12.8 Å². The summed E-state index contributed by atoms with van der Waals surface area (Å²) in [6.45, 7) is 4.49. The number of Topliss-reactive ketones (excluding diaryl/α,β-unsaturated/α-hetero) is 1. The highest BCUT2D eigenvalue weighted by Gasteiger charge is 2.25. The summed E-state index contributed by atoms with van der Waals surface area (Å²) in [7, 11) is 0. The summed E-state index contributed by atoms with van der Waals surface area (Å²) in [5, 5.41) is 0. The van der Waals surface area contributed by atoms with Crippen LogP contribution in [-0.4, -0.2) is 29.2 Å². The van der Waals surface area contributed by atoms with Crippen molar-refractivity contribution in [2.45, 2.75) is 64.8 Å². The summed E-state index contributed by atoms with van der Waals surface area (Å²) in [4.78, 5) is 25.1. The summed E-state index contributed by atoms with van der Waals surface area (Å²) in [6.07, 6.45) is 6.46. The van der Waals surface area contributed by atoms with E-state index in [1.807, 2.05) is 11.8 Å². The molecule has 0 spiro atoms. The van der Waals surface area contributed by atoms with Gasteiger partial charge < -0.3 is 4.90 Å². The summed E-state index contributed by atoms with van der Waals surface area (Å²) < 4.78 is 0. The van der Waals surface area contributed by atoms with Crippen LogP contribution in [0.4, 0.5) is 0 Å². The third-order valence-corrected chi connectivity index (χ3v) is 3.18. The molecule has 0 aromatic rings. The molecule has 1 rings (SSSR count). The van der Waals surface area contributed by atoms with Gasteiger partial charge in [-0.2, -0.15) is 0 Å². The van der Waals surface area contributed by atoms with Gasteiger partial charge in [0.2, 0.25) is 5.91 Å². The Kier molecular flexibility index (Phi) is 5.50. The Balaban J connectivity index is 2.64. The van der Waals surface area contributed by atoms with E-state index in [-0.39, 0.29) is 17.7 Å². The SMILES string of the molecule is CCCC(=O)N1CCCCCC1CC(C)=O. The first kappa shape index (κ1) is 13.2. The zero-order valence-corrected chi connectivity index (χ0v) is 10.5. The Labute approximate surface area is 98.2 Å². The fourth-order valence-electron chi connectivity index (χ4n) is 2.41. The number of hydrogen-bond donors (Lipinski definition) is 0. The molecule has 1 aliphatic rings. The van der Waals surface area contributed by atoms with Crippen LogP contribution in [-0.2, 0) is 9.59 Å². The average molecular weight is 225 g/mol. The van der Waals surface area contributed by atoms with Crippen LogP contribution < -0.4 is 0 Å². The number of carbonyl (C=O) groups excluding carboxylic acids is 2. The Morgan fingerprint density at radius 3 is 2.62 bits per heavy atom. The van der Waals surface area contributed by atoms with E-state index >= 15 is 0 Å². The molecule has 3 heteroatoms. The number of likely N-dealkylation sites (tertiary alicyclic amines) is 1. The lowest BCUT2D eigenvalue weighted by atomic mass is 10.0. The molecule has 0 radical (unpaired) electrons. The maximum Gasteiger partial charge on any atom is 0.222 e. The van der Waals surface area contributed by atoms with Crippen LogP contribution in [0.25, 0.3) is 0 Å². The van der Waals surface area contributed by atoms with E-state index in [1.54, 1.807) is 6.92 Å². The number of ketones is 1. The van der Waals surface area contributed by atoms with Gasteiger partial charge in [-0.05, 0) is 26.2 Å². The number of carbonyl (C=O) groups is 2. The van der Waals surface area contributed by atoms with E-state index in [0.717, 1.165) is 32.2 Å². The molecule has 1 saturated heterocycles. The van der Waals surface area contributed by atoms with E-state index in [1.165, 1.54) is 6.42 Å². The smallest absolute Gasteiger partial charge is 0.222 e. The highest BCUT2D eigenvalue weighted by molar-refractivity contribution is 5.79. The number of nitrogens with zero attached hydrogens (tertiary/aromatic N) is 1. The number of amides is 1. The molecule has 1 aliphatic heterocycles. The van der Waals surface area contributed by atoms with Gasteiger partial charge in [0, 0.05) is 25.4 Å². The van der Waals surface area contributed by atoms with Gasteiger partial charge >= 0.3 is 0 Å². The fraction of sp³-hybridized carbons (Fsp3) is 0.846. The van der Waals surface area contributed by atoms with Crippen molar-refractivity contribution in [1.82, 2.24) is 4.90 Å². The van der Waals surface area contributed by atoms with Gasteiger partial charge in [-0.25, -0.2) is 0 Å². The molecule has 0 saturated carbocycles. The standard InChI is InChI=1S/C13H23NO2/c1-3-7-13(16)14-9-6-4-5-8-12(14)10-11(2)15/h12H,3-10H2,1-2H3. The molecule has 0 aromatic heterocycles. The number of rotatable bonds is 4. The topological polar surface area (TPSA) is 37.4 Å². The van der Waals surface area contributed by atoms with E-state index < -0.39 is 0 Å². The largest absolute Gasteiger partial charge is 0.339 e. The van der Waals surface area contributed by atoms with Gasteiger partial charge in [0.25, 0.3) is 0 Å². The minimum absolute atomic E-state index is 0.166. The Morgan fingerprint density at radius 1 is 1.25 bits per heavy atom. The molecule has 0 N–H and O–H groups in total. The third-order valence-electron chi connectivity index (χ3n) is 3.18. The van der Waals surface area contributed by atoms with Crippen LogP contribution >= 0.6 is 0 Å². The molecule has 1 atom stereocenters. The van der Waals surface area contributed by atoms with Crippen molar-refractivity contribution >= 4 is 11.7 Å². The lowest BCUT2D eigenvalue weighted by Crippen LogP contribution is -2.40. The fourth-order valence-corrected chi connectivity index (χ4v) is 2.41. The van der Waals surface area contributed by atoms with Crippen molar-refractivity contribution in [1.29, 1.82) is 0 Å². The van der Waals surface area contributed by atoms with Crippen LogP contribution in [0.2, 0.25) is 0 Å². The maximum atomic E-state index is 12.0.